The Morgan fingerprint density at radius 3 is 1.95 bits per heavy atom. The molecule has 0 aliphatic heterocycles. The third kappa shape index (κ3) is 5.69. The van der Waals surface area contributed by atoms with Gasteiger partial charge in [0.05, 0.1) is 0 Å². The molecule has 0 spiro atoms. The van der Waals surface area contributed by atoms with Gasteiger partial charge < -0.3 is 5.32 Å². The minimum Gasteiger partial charge on any atom is -0.307 e. The minimum absolute atomic E-state index is 0.0355. The lowest BCUT2D eigenvalue weighted by Gasteiger charge is -2.49. The lowest BCUT2D eigenvalue weighted by molar-refractivity contribution is 0.107. The van der Waals surface area contributed by atoms with Gasteiger partial charge in [-0.25, -0.2) is 0 Å². The first-order chi connectivity index (χ1) is 8.64. The lowest BCUT2D eigenvalue weighted by atomic mass is 9.64. The second-order valence-electron chi connectivity index (χ2n) is 7.78. The third-order valence-corrected chi connectivity index (χ3v) is 4.47. The summed E-state index contributed by atoms with van der Waals surface area (Å²) in [5, 5.41) is 3.85. The van der Waals surface area contributed by atoms with E-state index in [1.54, 1.807) is 0 Å². The molecule has 0 aromatic heterocycles. The van der Waals surface area contributed by atoms with E-state index in [0.29, 0.717) is 5.41 Å². The second-order valence-corrected chi connectivity index (χ2v) is 7.78. The molecule has 0 saturated heterocycles. The zero-order chi connectivity index (χ0) is 15.2. The van der Waals surface area contributed by atoms with E-state index in [0.717, 1.165) is 19.4 Å². The summed E-state index contributed by atoms with van der Waals surface area (Å²) in [6, 6.07) is 0. The smallest absolute Gasteiger partial charge is 0.0418 e. The molecule has 1 atom stereocenters. The highest BCUT2D eigenvalue weighted by Gasteiger charge is 2.43. The summed E-state index contributed by atoms with van der Waals surface area (Å²) in [5.74, 6) is 0. The van der Waals surface area contributed by atoms with Gasteiger partial charge in [0.25, 0.3) is 0 Å². The number of unbranched alkanes of at least 4 members (excludes halogenated alkanes) is 2. The number of hydrogen-bond donors (Lipinski definition) is 1. The van der Waals surface area contributed by atoms with Gasteiger partial charge in [-0.1, -0.05) is 67.4 Å². The largest absolute Gasteiger partial charge is 0.307 e. The van der Waals surface area contributed by atoms with Crippen LogP contribution in [0.25, 0.3) is 0 Å². The van der Waals surface area contributed by atoms with Crippen molar-refractivity contribution in [1.82, 2.24) is 5.32 Å². The summed E-state index contributed by atoms with van der Waals surface area (Å²) in [4.78, 5) is 0. The fourth-order valence-electron chi connectivity index (χ4n) is 2.80. The first-order valence-corrected chi connectivity index (χ1v) is 8.03. The molecule has 0 aromatic carbocycles. The van der Waals surface area contributed by atoms with Crippen LogP contribution in [0, 0.1) is 10.8 Å². The van der Waals surface area contributed by atoms with Crippen molar-refractivity contribution < 1.29 is 0 Å². The maximum atomic E-state index is 4.17. The van der Waals surface area contributed by atoms with Crippen molar-refractivity contribution >= 4 is 0 Å². The highest BCUT2D eigenvalue weighted by molar-refractivity contribution is 5.12. The van der Waals surface area contributed by atoms with E-state index in [1.165, 1.54) is 19.3 Å². The van der Waals surface area contributed by atoms with Gasteiger partial charge >= 0.3 is 0 Å². The Bertz CT molecular complexity index is 259. The molecule has 0 fully saturated rings. The Hall–Kier alpha value is -0.300. The molecule has 1 heteroatoms. The van der Waals surface area contributed by atoms with Crippen LogP contribution in [0.1, 0.15) is 80.6 Å². The highest BCUT2D eigenvalue weighted by Crippen LogP contribution is 2.42. The fourth-order valence-corrected chi connectivity index (χ4v) is 2.80. The Kier molecular flexibility index (Phi) is 7.36. The van der Waals surface area contributed by atoms with E-state index in [1.807, 2.05) is 0 Å². The summed E-state index contributed by atoms with van der Waals surface area (Å²) in [6.45, 7) is 21.5. The molecule has 0 amide bonds. The number of hydrogen-bond acceptors (Lipinski definition) is 1. The van der Waals surface area contributed by atoms with E-state index in [9.17, 15) is 0 Å². The Labute approximate surface area is 122 Å². The summed E-state index contributed by atoms with van der Waals surface area (Å²) in [6.07, 6.45) is 8.32. The van der Waals surface area contributed by atoms with Crippen LogP contribution >= 0.6 is 0 Å². The average molecular weight is 268 g/mol. The topological polar surface area (TPSA) is 12.0 Å². The standard InChI is InChI=1S/C18H37N/c1-9-12-13-14-19-18(11-3,15-16(4,5)6)17(7,8)10-2/h11,19H,3,9-10,12-15H2,1-2,4-8H3. The van der Waals surface area contributed by atoms with Crippen LogP contribution in [-0.2, 0) is 0 Å². The minimum atomic E-state index is 0.0355. The molecule has 19 heavy (non-hydrogen) atoms. The normalized spacial score (nSPS) is 16.2. The van der Waals surface area contributed by atoms with Crippen LogP contribution in [0.5, 0.6) is 0 Å². The van der Waals surface area contributed by atoms with Crippen LogP contribution in [0.2, 0.25) is 0 Å². The molecule has 0 saturated carbocycles. The third-order valence-electron chi connectivity index (χ3n) is 4.47. The number of rotatable bonds is 9. The van der Waals surface area contributed by atoms with Gasteiger partial charge in [-0.15, -0.1) is 6.58 Å². The molecule has 0 aromatic rings. The van der Waals surface area contributed by atoms with E-state index in [-0.39, 0.29) is 11.0 Å². The quantitative estimate of drug-likeness (QED) is 0.426. The maximum Gasteiger partial charge on any atom is 0.0418 e. The van der Waals surface area contributed by atoms with Crippen molar-refractivity contribution in [3.8, 4) is 0 Å². The van der Waals surface area contributed by atoms with Gasteiger partial charge in [0, 0.05) is 5.54 Å². The van der Waals surface area contributed by atoms with Crippen molar-refractivity contribution in [3.05, 3.63) is 12.7 Å². The SMILES string of the molecule is C=CC(CC(C)(C)C)(NCCCCC)C(C)(C)CC. The Balaban J connectivity index is 5.02. The van der Waals surface area contributed by atoms with Crippen LogP contribution in [0.4, 0.5) is 0 Å². The van der Waals surface area contributed by atoms with Crippen LogP contribution in [0.3, 0.4) is 0 Å². The average Bonchev–Trinajstić information content (AvgIpc) is 2.31. The molecule has 0 aliphatic carbocycles. The van der Waals surface area contributed by atoms with Gasteiger partial charge in [-0.3, -0.25) is 0 Å². The predicted molar refractivity (Wildman–Crippen MR) is 88.6 cm³/mol. The van der Waals surface area contributed by atoms with Crippen LogP contribution in [0.15, 0.2) is 12.7 Å². The van der Waals surface area contributed by atoms with Crippen molar-refractivity contribution in [2.75, 3.05) is 6.54 Å². The van der Waals surface area contributed by atoms with Crippen molar-refractivity contribution in [1.29, 1.82) is 0 Å². The van der Waals surface area contributed by atoms with E-state index < -0.39 is 0 Å². The lowest BCUT2D eigenvalue weighted by Crippen LogP contribution is -2.56. The summed E-state index contributed by atoms with van der Waals surface area (Å²) >= 11 is 0. The molecule has 1 N–H and O–H groups in total. The van der Waals surface area contributed by atoms with Crippen LogP contribution in [-0.4, -0.2) is 12.1 Å². The van der Waals surface area contributed by atoms with E-state index in [4.69, 9.17) is 0 Å². The van der Waals surface area contributed by atoms with Crippen molar-refractivity contribution in [2.24, 2.45) is 10.8 Å². The number of nitrogens with one attached hydrogen (secondary N) is 1. The Morgan fingerprint density at radius 2 is 1.58 bits per heavy atom. The van der Waals surface area contributed by atoms with Gasteiger partial charge in [0.2, 0.25) is 0 Å². The van der Waals surface area contributed by atoms with Gasteiger partial charge in [-0.2, -0.15) is 0 Å². The zero-order valence-corrected chi connectivity index (χ0v) is 14.5. The summed E-state index contributed by atoms with van der Waals surface area (Å²) in [7, 11) is 0. The molecule has 0 bridgehead atoms. The van der Waals surface area contributed by atoms with Gasteiger partial charge in [0.15, 0.2) is 0 Å². The Morgan fingerprint density at radius 1 is 1.00 bits per heavy atom. The van der Waals surface area contributed by atoms with Crippen LogP contribution < -0.4 is 5.32 Å². The maximum absolute atomic E-state index is 4.17. The molecule has 0 aliphatic rings. The monoisotopic (exact) mass is 267 g/mol. The molecule has 0 rings (SSSR count). The predicted octanol–water partition coefficient (Wildman–Crippen LogP) is 5.56. The van der Waals surface area contributed by atoms with Crippen molar-refractivity contribution in [2.45, 2.75) is 86.1 Å². The zero-order valence-electron chi connectivity index (χ0n) is 14.5. The fraction of sp³-hybridized carbons (Fsp3) is 0.889. The van der Waals surface area contributed by atoms with Gasteiger partial charge in [-0.05, 0) is 36.6 Å². The first kappa shape index (κ1) is 18.7. The van der Waals surface area contributed by atoms with Crippen molar-refractivity contribution in [3.63, 3.8) is 0 Å². The summed E-state index contributed by atoms with van der Waals surface area (Å²) < 4.78 is 0. The van der Waals surface area contributed by atoms with E-state index >= 15 is 0 Å². The highest BCUT2D eigenvalue weighted by atomic mass is 15.0. The molecule has 1 unspecified atom stereocenters. The van der Waals surface area contributed by atoms with E-state index in [2.05, 4.69) is 66.4 Å². The summed E-state index contributed by atoms with van der Waals surface area (Å²) in [5.41, 5.74) is 0.570. The molecule has 114 valence electrons. The molecule has 0 radical (unpaired) electrons. The molecule has 0 heterocycles. The molecule has 1 nitrogen and oxygen atoms in total. The second kappa shape index (κ2) is 7.47. The first-order valence-electron chi connectivity index (χ1n) is 8.03. The molecular formula is C18H37N. The van der Waals surface area contributed by atoms with Gasteiger partial charge in [0.1, 0.15) is 0 Å². The molecular weight excluding hydrogens is 230 g/mol.